The topological polar surface area (TPSA) is 127 Å². The van der Waals surface area contributed by atoms with E-state index in [1.54, 1.807) is 19.2 Å². The molecule has 0 saturated carbocycles. The largest absolute Gasteiger partial charge is 0.508 e. The van der Waals surface area contributed by atoms with Crippen LogP contribution in [0.2, 0.25) is 0 Å². The lowest BCUT2D eigenvalue weighted by molar-refractivity contribution is 0.0946. The number of aliphatic hydroxyl groups excluding tert-OH is 2. The first-order chi connectivity index (χ1) is 18.3. The van der Waals surface area contributed by atoms with Gasteiger partial charge < -0.3 is 35.7 Å². The lowest BCUT2D eigenvalue weighted by Crippen LogP contribution is -2.32. The number of methoxy groups -OCH3 is 1. The number of phenols is 1. The Morgan fingerprint density at radius 1 is 1.08 bits per heavy atom. The van der Waals surface area contributed by atoms with Crippen LogP contribution in [0.5, 0.6) is 11.5 Å². The number of amides is 1. The van der Waals surface area contributed by atoms with Gasteiger partial charge in [0.25, 0.3) is 5.91 Å². The minimum absolute atomic E-state index is 0.0112. The molecule has 4 aromatic rings. The number of aliphatic hydroxyl groups is 2. The van der Waals surface area contributed by atoms with Crippen molar-refractivity contribution in [2.24, 2.45) is 0 Å². The Hall–Kier alpha value is -3.85. The van der Waals surface area contributed by atoms with Crippen LogP contribution in [0.25, 0.3) is 10.9 Å². The Morgan fingerprint density at radius 2 is 1.89 bits per heavy atom. The number of aryl methyl sites for hydroxylation is 1. The van der Waals surface area contributed by atoms with Crippen molar-refractivity contribution in [2.45, 2.75) is 45.6 Å². The molecule has 0 aliphatic rings. The van der Waals surface area contributed by atoms with Gasteiger partial charge >= 0.3 is 0 Å². The number of hydrogen-bond acceptors (Lipinski definition) is 6. The van der Waals surface area contributed by atoms with Gasteiger partial charge in [-0.25, -0.2) is 0 Å². The Bertz CT molecular complexity index is 1410. The molecule has 0 saturated heterocycles. The van der Waals surface area contributed by atoms with E-state index in [4.69, 9.17) is 4.74 Å². The van der Waals surface area contributed by atoms with E-state index >= 15 is 0 Å². The maximum absolute atomic E-state index is 12.8. The molecule has 1 aromatic heterocycles. The fraction of sp³-hybridized carbons (Fsp3) is 0.300. The molecule has 1 heterocycles. The standard InChI is InChI=1S/C30H35N3O5/c1-18-5-4-6-22(29(18)38-3)15-32-30(37)26-14-23-12-20(7-9-25(23)33-26)11-19(2)31-16-28(36)21-8-10-27(35)24(13-21)17-34/h4-10,12-14,19,28,31,33-36H,11,15-17H2,1-3H3,(H,32,37)/t19-,28-/m1/s1. The molecule has 38 heavy (non-hydrogen) atoms. The van der Waals surface area contributed by atoms with Gasteiger partial charge in [-0.05, 0) is 67.3 Å². The molecule has 0 fully saturated rings. The third kappa shape index (κ3) is 6.34. The Kier molecular flexibility index (Phi) is 8.68. The fourth-order valence-corrected chi connectivity index (χ4v) is 4.64. The van der Waals surface area contributed by atoms with E-state index in [0.29, 0.717) is 29.9 Å². The SMILES string of the molecule is COc1c(C)cccc1CNC(=O)c1cc2cc(C[C@@H](C)NC[C@@H](O)c3ccc(O)c(CO)c3)ccc2[nH]1. The number of H-pyrrole nitrogens is 1. The molecule has 0 bridgehead atoms. The number of ether oxygens (including phenoxy) is 1. The normalized spacial score (nSPS) is 12.9. The number of aromatic amines is 1. The lowest BCUT2D eigenvalue weighted by atomic mass is 10.0. The zero-order valence-electron chi connectivity index (χ0n) is 21.9. The molecule has 0 radical (unpaired) electrons. The number of hydrogen-bond donors (Lipinski definition) is 6. The monoisotopic (exact) mass is 517 g/mol. The molecule has 200 valence electrons. The Morgan fingerprint density at radius 3 is 2.66 bits per heavy atom. The van der Waals surface area contributed by atoms with E-state index in [-0.39, 0.29) is 24.3 Å². The predicted molar refractivity (Wildman–Crippen MR) is 147 cm³/mol. The van der Waals surface area contributed by atoms with Gasteiger partial charge in [0.15, 0.2) is 0 Å². The van der Waals surface area contributed by atoms with Crippen molar-refractivity contribution < 1.29 is 24.9 Å². The zero-order chi connectivity index (χ0) is 27.2. The van der Waals surface area contributed by atoms with Crippen LogP contribution in [-0.2, 0) is 19.6 Å². The highest BCUT2D eigenvalue weighted by molar-refractivity contribution is 5.98. The van der Waals surface area contributed by atoms with E-state index in [1.807, 2.05) is 50.2 Å². The van der Waals surface area contributed by atoms with Crippen LogP contribution in [0, 0.1) is 6.92 Å². The predicted octanol–water partition coefficient (Wildman–Crippen LogP) is 3.87. The van der Waals surface area contributed by atoms with Crippen molar-refractivity contribution in [3.05, 3.63) is 94.2 Å². The maximum atomic E-state index is 12.8. The van der Waals surface area contributed by atoms with Gasteiger partial charge in [-0.2, -0.15) is 0 Å². The summed E-state index contributed by atoms with van der Waals surface area (Å²) in [5, 5.41) is 36.8. The summed E-state index contributed by atoms with van der Waals surface area (Å²) in [7, 11) is 1.63. The molecule has 2 atom stereocenters. The van der Waals surface area contributed by atoms with E-state index in [2.05, 4.69) is 21.7 Å². The van der Waals surface area contributed by atoms with Gasteiger partial charge in [-0.3, -0.25) is 4.79 Å². The first-order valence-corrected chi connectivity index (χ1v) is 12.7. The number of para-hydroxylation sites is 1. The van der Waals surface area contributed by atoms with Crippen molar-refractivity contribution in [3.8, 4) is 11.5 Å². The number of aromatic hydroxyl groups is 1. The Balaban J connectivity index is 1.34. The van der Waals surface area contributed by atoms with E-state index in [1.165, 1.54) is 6.07 Å². The van der Waals surface area contributed by atoms with E-state index in [0.717, 1.165) is 39.8 Å². The van der Waals surface area contributed by atoms with Crippen LogP contribution in [-0.4, -0.2) is 45.9 Å². The number of carbonyl (C=O) groups is 1. The summed E-state index contributed by atoms with van der Waals surface area (Å²) < 4.78 is 5.48. The number of aromatic nitrogens is 1. The molecular weight excluding hydrogens is 482 g/mol. The van der Waals surface area contributed by atoms with Crippen LogP contribution in [0.15, 0.2) is 60.7 Å². The second kappa shape index (κ2) is 12.1. The molecular formula is C30H35N3O5. The molecule has 4 rings (SSSR count). The molecule has 0 spiro atoms. The first kappa shape index (κ1) is 27.2. The van der Waals surface area contributed by atoms with Gasteiger partial charge in [-0.15, -0.1) is 0 Å². The molecule has 0 unspecified atom stereocenters. The maximum Gasteiger partial charge on any atom is 0.267 e. The van der Waals surface area contributed by atoms with Crippen molar-refractivity contribution in [3.63, 3.8) is 0 Å². The smallest absolute Gasteiger partial charge is 0.267 e. The highest BCUT2D eigenvalue weighted by Crippen LogP contribution is 2.24. The number of benzene rings is 3. The van der Waals surface area contributed by atoms with Crippen LogP contribution in [0.1, 0.15) is 51.3 Å². The van der Waals surface area contributed by atoms with Crippen LogP contribution in [0.4, 0.5) is 0 Å². The van der Waals surface area contributed by atoms with Crippen molar-refractivity contribution >= 4 is 16.8 Å². The molecule has 8 heteroatoms. The molecule has 6 N–H and O–H groups in total. The van der Waals surface area contributed by atoms with E-state index < -0.39 is 6.10 Å². The number of nitrogens with one attached hydrogen (secondary N) is 3. The van der Waals surface area contributed by atoms with Crippen molar-refractivity contribution in [2.75, 3.05) is 13.7 Å². The highest BCUT2D eigenvalue weighted by Gasteiger charge is 2.14. The number of rotatable bonds is 11. The molecule has 8 nitrogen and oxygen atoms in total. The van der Waals surface area contributed by atoms with Gasteiger partial charge in [0.2, 0.25) is 0 Å². The lowest BCUT2D eigenvalue weighted by Gasteiger charge is -2.18. The minimum Gasteiger partial charge on any atom is -0.508 e. The summed E-state index contributed by atoms with van der Waals surface area (Å²) in [6, 6.07) is 18.6. The Labute approximate surface area is 222 Å². The van der Waals surface area contributed by atoms with Crippen LogP contribution >= 0.6 is 0 Å². The molecule has 3 aromatic carbocycles. The summed E-state index contributed by atoms with van der Waals surface area (Å²) in [6.07, 6.45) is -0.0312. The summed E-state index contributed by atoms with van der Waals surface area (Å²) in [5.41, 5.74) is 5.44. The first-order valence-electron chi connectivity index (χ1n) is 12.7. The van der Waals surface area contributed by atoms with Gasteiger partial charge in [-0.1, -0.05) is 30.3 Å². The highest BCUT2D eigenvalue weighted by atomic mass is 16.5. The summed E-state index contributed by atoms with van der Waals surface area (Å²) in [6.45, 7) is 4.43. The van der Waals surface area contributed by atoms with Crippen LogP contribution in [0.3, 0.4) is 0 Å². The summed E-state index contributed by atoms with van der Waals surface area (Å²) >= 11 is 0. The fourth-order valence-electron chi connectivity index (χ4n) is 4.64. The summed E-state index contributed by atoms with van der Waals surface area (Å²) in [4.78, 5) is 16.0. The summed E-state index contributed by atoms with van der Waals surface area (Å²) in [5.74, 6) is 0.605. The van der Waals surface area contributed by atoms with Gasteiger partial charge in [0, 0.05) is 41.2 Å². The minimum atomic E-state index is -0.767. The third-order valence-corrected chi connectivity index (χ3v) is 6.73. The third-order valence-electron chi connectivity index (χ3n) is 6.73. The average Bonchev–Trinajstić information content (AvgIpc) is 3.34. The average molecular weight is 518 g/mol. The van der Waals surface area contributed by atoms with Crippen LogP contribution < -0.4 is 15.4 Å². The van der Waals surface area contributed by atoms with E-state index in [9.17, 15) is 20.1 Å². The van der Waals surface area contributed by atoms with Crippen molar-refractivity contribution in [1.82, 2.24) is 15.6 Å². The zero-order valence-corrected chi connectivity index (χ0v) is 21.9. The molecule has 1 amide bonds. The van der Waals surface area contributed by atoms with Gasteiger partial charge in [0.05, 0.1) is 19.8 Å². The van der Waals surface area contributed by atoms with Gasteiger partial charge in [0.1, 0.15) is 17.2 Å². The van der Waals surface area contributed by atoms with Crippen molar-refractivity contribution in [1.29, 1.82) is 0 Å². The second-order valence-corrected chi connectivity index (χ2v) is 9.63. The quantitative estimate of drug-likeness (QED) is 0.179. The number of fused-ring (bicyclic) bond motifs is 1. The molecule has 0 aliphatic carbocycles. The number of carbonyl (C=O) groups excluding carboxylic acids is 1. The molecule has 0 aliphatic heterocycles. The second-order valence-electron chi connectivity index (χ2n) is 9.63.